The first-order chi connectivity index (χ1) is 15.6. The van der Waals surface area contributed by atoms with E-state index in [1.54, 1.807) is 12.1 Å². The van der Waals surface area contributed by atoms with E-state index in [1.165, 1.54) is 0 Å². The topological polar surface area (TPSA) is 71.3 Å². The van der Waals surface area contributed by atoms with Gasteiger partial charge in [0.15, 0.2) is 5.43 Å². The highest BCUT2D eigenvalue weighted by molar-refractivity contribution is 5.94. The van der Waals surface area contributed by atoms with Crippen molar-refractivity contribution < 1.29 is 9.90 Å². The zero-order chi connectivity index (χ0) is 22.1. The number of nitrogens with zero attached hydrogens (tertiary/aromatic N) is 1. The predicted molar refractivity (Wildman–Crippen MR) is 128 cm³/mol. The first kappa shape index (κ1) is 20.0. The maximum absolute atomic E-state index is 12.8. The van der Waals surface area contributed by atoms with Crippen LogP contribution >= 0.6 is 0 Å². The molecule has 2 N–H and O–H groups in total. The molecule has 0 saturated heterocycles. The Morgan fingerprint density at radius 3 is 2.09 bits per heavy atom. The van der Waals surface area contributed by atoms with Crippen LogP contribution in [-0.4, -0.2) is 22.1 Å². The van der Waals surface area contributed by atoms with E-state index in [2.05, 4.69) is 5.32 Å². The van der Waals surface area contributed by atoms with Crippen molar-refractivity contribution >= 4 is 38.5 Å². The summed E-state index contributed by atoms with van der Waals surface area (Å²) in [7, 11) is 0. The lowest BCUT2D eigenvalue weighted by Gasteiger charge is -2.17. The molecule has 5 heteroatoms. The van der Waals surface area contributed by atoms with Gasteiger partial charge in [-0.1, -0.05) is 60.7 Å². The molecule has 1 unspecified atom stereocenters. The quantitative estimate of drug-likeness (QED) is 0.418. The molecule has 5 nitrogen and oxygen atoms in total. The number of fused-ring (bicyclic) bond motifs is 3. The molecule has 5 rings (SSSR count). The maximum atomic E-state index is 12.8. The third-order valence-corrected chi connectivity index (χ3v) is 5.83. The van der Waals surface area contributed by atoms with Crippen molar-refractivity contribution in [3.8, 4) is 0 Å². The number of hydrogen-bond acceptors (Lipinski definition) is 3. The Morgan fingerprint density at radius 1 is 0.812 bits per heavy atom. The van der Waals surface area contributed by atoms with E-state index in [4.69, 9.17) is 0 Å². The van der Waals surface area contributed by atoms with Crippen LogP contribution in [0.2, 0.25) is 0 Å². The zero-order valence-corrected chi connectivity index (χ0v) is 17.4. The smallest absolute Gasteiger partial charge is 0.240 e. The number of rotatable bonds is 5. The molecule has 5 aromatic rings. The number of carbonyl (C=O) groups is 1. The minimum absolute atomic E-state index is 0.0421. The van der Waals surface area contributed by atoms with Crippen molar-refractivity contribution in [1.29, 1.82) is 0 Å². The van der Waals surface area contributed by atoms with E-state index >= 15 is 0 Å². The molecule has 0 aliphatic heterocycles. The number of benzene rings is 4. The van der Waals surface area contributed by atoms with Gasteiger partial charge in [-0.25, -0.2) is 0 Å². The minimum atomic E-state index is -0.814. The van der Waals surface area contributed by atoms with Gasteiger partial charge in [0, 0.05) is 17.3 Å². The monoisotopic (exact) mass is 422 g/mol. The van der Waals surface area contributed by atoms with Crippen LogP contribution in [0.3, 0.4) is 0 Å². The van der Waals surface area contributed by atoms with Gasteiger partial charge in [-0.15, -0.1) is 0 Å². The molecule has 0 fully saturated rings. The van der Waals surface area contributed by atoms with Crippen LogP contribution < -0.4 is 10.7 Å². The number of aromatic nitrogens is 1. The Labute approximate surface area is 184 Å². The maximum Gasteiger partial charge on any atom is 0.240 e. The standard InChI is InChI=1S/C27H22N2O3/c30-25(20-14-13-18-7-1-2-8-19(18)15-20)16-28-26(31)17-29-23-11-5-3-9-21(23)27(32)22-10-4-6-12-24(22)29/h1-15,25,30H,16-17H2,(H,28,31). The molecule has 1 heterocycles. The fourth-order valence-electron chi connectivity index (χ4n) is 4.19. The normalized spacial score (nSPS) is 12.3. The van der Waals surface area contributed by atoms with E-state index in [0.29, 0.717) is 21.8 Å². The Bertz CT molecular complexity index is 1460. The SMILES string of the molecule is O=C(Cn1c2ccccc2c(=O)c2ccccc21)NCC(O)c1ccc2ccccc2c1. The van der Waals surface area contributed by atoms with Crippen molar-refractivity contribution in [2.45, 2.75) is 12.6 Å². The lowest BCUT2D eigenvalue weighted by Crippen LogP contribution is -2.32. The van der Waals surface area contributed by atoms with Gasteiger partial charge < -0.3 is 15.0 Å². The number of amides is 1. The molecule has 1 aromatic heterocycles. The van der Waals surface area contributed by atoms with Crippen LogP contribution in [0.15, 0.2) is 95.8 Å². The Kier molecular flexibility index (Phi) is 5.17. The Morgan fingerprint density at radius 2 is 1.41 bits per heavy atom. The second kappa shape index (κ2) is 8.29. The van der Waals surface area contributed by atoms with Crippen molar-refractivity contribution in [3.05, 3.63) is 107 Å². The second-order valence-corrected chi connectivity index (χ2v) is 7.88. The van der Waals surface area contributed by atoms with Crippen LogP contribution in [0.1, 0.15) is 11.7 Å². The molecule has 4 aromatic carbocycles. The molecule has 0 bridgehead atoms. The average molecular weight is 422 g/mol. The molecule has 0 aliphatic carbocycles. The summed E-state index contributed by atoms with van der Waals surface area (Å²) in [6.45, 7) is 0.152. The Hall–Kier alpha value is -3.96. The zero-order valence-electron chi connectivity index (χ0n) is 17.4. The van der Waals surface area contributed by atoms with Crippen LogP contribution in [0.5, 0.6) is 0 Å². The number of pyridine rings is 1. The van der Waals surface area contributed by atoms with Crippen molar-refractivity contribution in [1.82, 2.24) is 9.88 Å². The first-order valence-corrected chi connectivity index (χ1v) is 10.6. The molecular weight excluding hydrogens is 400 g/mol. The number of carbonyl (C=O) groups excluding carboxylic acids is 1. The number of hydrogen-bond donors (Lipinski definition) is 2. The molecule has 0 radical (unpaired) electrons. The first-order valence-electron chi connectivity index (χ1n) is 10.6. The van der Waals surface area contributed by atoms with E-state index < -0.39 is 6.10 Å². The molecule has 0 spiro atoms. The summed E-state index contributed by atoms with van der Waals surface area (Å²) >= 11 is 0. The van der Waals surface area contributed by atoms with Crippen molar-refractivity contribution in [3.63, 3.8) is 0 Å². The number of aliphatic hydroxyl groups excluding tert-OH is 1. The lowest BCUT2D eigenvalue weighted by atomic mass is 10.0. The molecule has 158 valence electrons. The highest BCUT2D eigenvalue weighted by Crippen LogP contribution is 2.21. The summed E-state index contributed by atoms with van der Waals surface area (Å²) in [6.07, 6.45) is -0.814. The van der Waals surface area contributed by atoms with Gasteiger partial charge in [0.1, 0.15) is 6.54 Å². The predicted octanol–water partition coefficient (Wildman–Crippen LogP) is 4.16. The van der Waals surface area contributed by atoms with Gasteiger partial charge in [-0.05, 0) is 46.7 Å². The van der Waals surface area contributed by atoms with E-state index in [-0.39, 0.29) is 24.4 Å². The van der Waals surface area contributed by atoms with Crippen LogP contribution in [0.25, 0.3) is 32.6 Å². The van der Waals surface area contributed by atoms with E-state index in [0.717, 1.165) is 16.3 Å². The minimum Gasteiger partial charge on any atom is -0.387 e. The summed E-state index contributed by atoms with van der Waals surface area (Å²) in [5, 5.41) is 16.7. The summed E-state index contributed by atoms with van der Waals surface area (Å²) in [4.78, 5) is 25.7. The molecule has 1 amide bonds. The summed E-state index contributed by atoms with van der Waals surface area (Å²) in [5.41, 5.74) is 2.13. The lowest BCUT2D eigenvalue weighted by molar-refractivity contribution is -0.122. The van der Waals surface area contributed by atoms with Crippen LogP contribution in [0, 0.1) is 0 Å². The largest absolute Gasteiger partial charge is 0.387 e. The van der Waals surface area contributed by atoms with E-state index in [1.807, 2.05) is 83.4 Å². The van der Waals surface area contributed by atoms with Crippen LogP contribution in [-0.2, 0) is 11.3 Å². The molecule has 1 atom stereocenters. The van der Waals surface area contributed by atoms with Gasteiger partial charge in [0.05, 0.1) is 17.1 Å². The summed E-state index contributed by atoms with van der Waals surface area (Å²) in [6, 6.07) is 28.3. The summed E-state index contributed by atoms with van der Waals surface area (Å²) in [5.74, 6) is -0.233. The number of nitrogens with one attached hydrogen (secondary N) is 1. The van der Waals surface area contributed by atoms with Crippen LogP contribution in [0.4, 0.5) is 0 Å². The van der Waals surface area contributed by atoms with E-state index in [9.17, 15) is 14.7 Å². The van der Waals surface area contributed by atoms with Gasteiger partial charge in [0.2, 0.25) is 5.91 Å². The number of aliphatic hydroxyl groups is 1. The van der Waals surface area contributed by atoms with Crippen molar-refractivity contribution in [2.24, 2.45) is 0 Å². The van der Waals surface area contributed by atoms with Gasteiger partial charge >= 0.3 is 0 Å². The Balaban J connectivity index is 1.39. The molecule has 32 heavy (non-hydrogen) atoms. The fraction of sp³-hybridized carbons (Fsp3) is 0.111. The molecular formula is C27H22N2O3. The van der Waals surface area contributed by atoms with Gasteiger partial charge in [-0.3, -0.25) is 9.59 Å². The third kappa shape index (κ3) is 3.63. The van der Waals surface area contributed by atoms with Crippen molar-refractivity contribution in [2.75, 3.05) is 6.54 Å². The fourth-order valence-corrected chi connectivity index (χ4v) is 4.19. The summed E-state index contributed by atoms with van der Waals surface area (Å²) < 4.78 is 1.85. The molecule has 0 saturated carbocycles. The highest BCUT2D eigenvalue weighted by Gasteiger charge is 2.14. The highest BCUT2D eigenvalue weighted by atomic mass is 16.3. The average Bonchev–Trinajstić information content (AvgIpc) is 2.84. The molecule has 0 aliphatic rings. The van der Waals surface area contributed by atoms with Gasteiger partial charge in [0.25, 0.3) is 0 Å². The van der Waals surface area contributed by atoms with Gasteiger partial charge in [-0.2, -0.15) is 0 Å². The third-order valence-electron chi connectivity index (χ3n) is 5.83. The number of para-hydroxylation sites is 2. The second-order valence-electron chi connectivity index (χ2n) is 7.88.